The summed E-state index contributed by atoms with van der Waals surface area (Å²) in [4.78, 5) is 27.8. The van der Waals surface area contributed by atoms with Gasteiger partial charge in [-0.25, -0.2) is 9.59 Å². The smallest absolute Gasteiger partial charge is 0.354 e. The van der Waals surface area contributed by atoms with Gasteiger partial charge in [-0.05, 0) is 26.8 Å². The van der Waals surface area contributed by atoms with E-state index in [2.05, 4.69) is 24.1 Å². The van der Waals surface area contributed by atoms with Crippen LogP contribution in [0.2, 0.25) is 0 Å². The molecule has 1 fully saturated rings. The third-order valence-corrected chi connectivity index (χ3v) is 4.42. The van der Waals surface area contributed by atoms with Crippen molar-refractivity contribution in [3.63, 3.8) is 0 Å². The van der Waals surface area contributed by atoms with E-state index in [4.69, 9.17) is 5.11 Å². The molecule has 1 aromatic heterocycles. The second-order valence-electron chi connectivity index (χ2n) is 5.51. The summed E-state index contributed by atoms with van der Waals surface area (Å²) in [5.74, 6) is -0.193. The molecule has 0 saturated carbocycles. The minimum atomic E-state index is -1.08. The van der Waals surface area contributed by atoms with E-state index in [1.807, 2.05) is 11.8 Å². The van der Waals surface area contributed by atoms with Crippen LogP contribution in [0.4, 0.5) is 10.5 Å². The lowest BCUT2D eigenvalue weighted by Crippen LogP contribution is -2.47. The van der Waals surface area contributed by atoms with Crippen molar-refractivity contribution in [3.05, 3.63) is 17.5 Å². The molecule has 6 nitrogen and oxygen atoms in total. The van der Waals surface area contributed by atoms with E-state index in [0.717, 1.165) is 5.75 Å². The summed E-state index contributed by atoms with van der Waals surface area (Å²) in [6.07, 6.45) is 0. The van der Waals surface area contributed by atoms with Crippen LogP contribution in [0.1, 0.15) is 30.0 Å². The normalized spacial score (nSPS) is 17.9. The molecule has 3 N–H and O–H groups in total. The molecule has 0 atom stereocenters. The average Bonchev–Trinajstić information content (AvgIpc) is 2.69. The second-order valence-corrected chi connectivity index (χ2v) is 7.31. The number of amides is 2. The van der Waals surface area contributed by atoms with Gasteiger partial charge in [-0.3, -0.25) is 0 Å². The Morgan fingerprint density at radius 3 is 2.80 bits per heavy atom. The Morgan fingerprint density at radius 2 is 2.20 bits per heavy atom. The zero-order chi connectivity index (χ0) is 14.9. The summed E-state index contributed by atoms with van der Waals surface area (Å²) in [6, 6.07) is 1.38. The van der Waals surface area contributed by atoms with E-state index >= 15 is 0 Å². The van der Waals surface area contributed by atoms with E-state index in [1.54, 1.807) is 17.9 Å². The molecule has 0 aliphatic carbocycles. The standard InChI is InChI=1S/C13H19N3O3S/c1-8-6-9(10(14-8)11(17)18)15-12(19)16-4-5-20-13(2,3)7-16/h6,14H,4-5,7H2,1-3H3,(H,15,19)(H,17,18). The number of hydrogen-bond donors (Lipinski definition) is 3. The maximum atomic E-state index is 12.2. The minimum absolute atomic E-state index is 0.0153. The first-order valence-corrected chi connectivity index (χ1v) is 7.40. The molecule has 1 saturated heterocycles. The van der Waals surface area contributed by atoms with Crippen molar-refractivity contribution in [2.24, 2.45) is 0 Å². The van der Waals surface area contributed by atoms with Gasteiger partial charge in [0.25, 0.3) is 0 Å². The van der Waals surface area contributed by atoms with Crippen molar-refractivity contribution >= 4 is 29.4 Å². The molecule has 1 aromatic rings. The Labute approximate surface area is 121 Å². The second kappa shape index (κ2) is 5.40. The van der Waals surface area contributed by atoms with Gasteiger partial charge in [0.05, 0.1) is 5.69 Å². The van der Waals surface area contributed by atoms with Crippen molar-refractivity contribution in [2.45, 2.75) is 25.5 Å². The maximum Gasteiger partial charge on any atom is 0.354 e. The van der Waals surface area contributed by atoms with Gasteiger partial charge in [0.2, 0.25) is 0 Å². The number of carbonyl (C=O) groups is 2. The van der Waals surface area contributed by atoms with Gasteiger partial charge in [-0.1, -0.05) is 0 Å². The van der Waals surface area contributed by atoms with Crippen LogP contribution in [0, 0.1) is 6.92 Å². The van der Waals surface area contributed by atoms with Gasteiger partial charge in [0.15, 0.2) is 0 Å². The van der Waals surface area contributed by atoms with Gasteiger partial charge in [0, 0.05) is 29.3 Å². The molecule has 7 heteroatoms. The highest BCUT2D eigenvalue weighted by molar-refractivity contribution is 8.00. The average molecular weight is 297 g/mol. The van der Waals surface area contributed by atoms with Gasteiger partial charge in [-0.15, -0.1) is 0 Å². The van der Waals surface area contributed by atoms with E-state index < -0.39 is 5.97 Å². The van der Waals surface area contributed by atoms with Gasteiger partial charge < -0.3 is 20.3 Å². The summed E-state index contributed by atoms with van der Waals surface area (Å²) in [5, 5.41) is 11.8. The molecule has 0 aromatic carbocycles. The molecule has 0 radical (unpaired) electrons. The number of aromatic amines is 1. The van der Waals surface area contributed by atoms with Gasteiger partial charge >= 0.3 is 12.0 Å². The molecule has 20 heavy (non-hydrogen) atoms. The largest absolute Gasteiger partial charge is 0.477 e. The van der Waals surface area contributed by atoms with Crippen molar-refractivity contribution < 1.29 is 14.7 Å². The molecule has 1 aliphatic rings. The number of carbonyl (C=O) groups excluding carboxylic acids is 1. The number of nitrogens with zero attached hydrogens (tertiary/aromatic N) is 1. The first kappa shape index (κ1) is 14.8. The Hall–Kier alpha value is -1.63. The van der Waals surface area contributed by atoms with Crippen LogP contribution in [0.3, 0.4) is 0 Å². The predicted molar refractivity (Wildman–Crippen MR) is 79.6 cm³/mol. The number of thioether (sulfide) groups is 1. The molecule has 2 amide bonds. The van der Waals surface area contributed by atoms with Crippen molar-refractivity contribution in [1.29, 1.82) is 0 Å². The number of anilines is 1. The van der Waals surface area contributed by atoms with Crippen LogP contribution in [-0.2, 0) is 0 Å². The summed E-state index contributed by atoms with van der Waals surface area (Å²) < 4.78 is 0.0271. The quantitative estimate of drug-likeness (QED) is 0.782. The summed E-state index contributed by atoms with van der Waals surface area (Å²) in [6.45, 7) is 7.27. The number of rotatable bonds is 2. The lowest BCUT2D eigenvalue weighted by molar-refractivity contribution is 0.0692. The summed E-state index contributed by atoms with van der Waals surface area (Å²) in [7, 11) is 0. The number of hydrogen-bond acceptors (Lipinski definition) is 3. The van der Waals surface area contributed by atoms with Gasteiger partial charge in [0.1, 0.15) is 5.69 Å². The van der Waals surface area contributed by atoms with Crippen molar-refractivity contribution in [3.8, 4) is 0 Å². The highest BCUT2D eigenvalue weighted by atomic mass is 32.2. The lowest BCUT2D eigenvalue weighted by Gasteiger charge is -2.37. The molecule has 0 spiro atoms. The zero-order valence-corrected chi connectivity index (χ0v) is 12.6. The summed E-state index contributed by atoms with van der Waals surface area (Å²) in [5.41, 5.74) is 1.03. The zero-order valence-electron chi connectivity index (χ0n) is 11.8. The number of aromatic nitrogens is 1. The first-order chi connectivity index (χ1) is 9.28. The number of H-pyrrole nitrogens is 1. The van der Waals surface area contributed by atoms with E-state index in [9.17, 15) is 9.59 Å². The van der Waals surface area contributed by atoms with Crippen LogP contribution >= 0.6 is 11.8 Å². The van der Waals surface area contributed by atoms with Crippen LogP contribution in [0.15, 0.2) is 6.07 Å². The van der Waals surface area contributed by atoms with Crippen LogP contribution < -0.4 is 5.32 Å². The third kappa shape index (κ3) is 3.27. The maximum absolute atomic E-state index is 12.2. The SMILES string of the molecule is Cc1cc(NC(=O)N2CCSC(C)(C)C2)c(C(=O)O)[nH]1. The fourth-order valence-electron chi connectivity index (χ4n) is 2.24. The number of carboxylic acids is 1. The fraction of sp³-hybridized carbons (Fsp3) is 0.538. The Kier molecular flexibility index (Phi) is 3.99. The minimum Gasteiger partial charge on any atom is -0.477 e. The van der Waals surface area contributed by atoms with E-state index in [-0.39, 0.29) is 16.5 Å². The van der Waals surface area contributed by atoms with Crippen LogP contribution in [0.25, 0.3) is 0 Å². The number of urea groups is 1. The van der Waals surface area contributed by atoms with Crippen molar-refractivity contribution in [2.75, 3.05) is 24.2 Å². The molecule has 2 heterocycles. The molecule has 0 bridgehead atoms. The Bertz CT molecular complexity index is 539. The number of carboxylic acid groups (broad SMARTS) is 1. The first-order valence-electron chi connectivity index (χ1n) is 6.41. The molecule has 110 valence electrons. The lowest BCUT2D eigenvalue weighted by atomic mass is 10.2. The highest BCUT2D eigenvalue weighted by Crippen LogP contribution is 2.30. The molecule has 2 rings (SSSR count). The Balaban J connectivity index is 2.10. The molecular weight excluding hydrogens is 278 g/mol. The predicted octanol–water partition coefficient (Wildman–Crippen LogP) is 2.38. The summed E-state index contributed by atoms with van der Waals surface area (Å²) >= 11 is 1.84. The topological polar surface area (TPSA) is 85.4 Å². The highest BCUT2D eigenvalue weighted by Gasteiger charge is 2.30. The molecule has 1 aliphatic heterocycles. The monoisotopic (exact) mass is 297 g/mol. The van der Waals surface area contributed by atoms with Crippen molar-refractivity contribution in [1.82, 2.24) is 9.88 Å². The van der Waals surface area contributed by atoms with E-state index in [0.29, 0.717) is 24.5 Å². The van der Waals surface area contributed by atoms with Crippen LogP contribution in [-0.4, -0.2) is 50.6 Å². The fourth-order valence-corrected chi connectivity index (χ4v) is 3.35. The van der Waals surface area contributed by atoms with E-state index in [1.165, 1.54) is 0 Å². The molecular formula is C13H19N3O3S. The number of aryl methyl sites for hydroxylation is 1. The third-order valence-electron chi connectivity index (χ3n) is 3.12. The number of aromatic carboxylic acids is 1. The van der Waals surface area contributed by atoms with Gasteiger partial charge in [-0.2, -0.15) is 11.8 Å². The molecule has 0 unspecified atom stereocenters. The number of nitrogens with one attached hydrogen (secondary N) is 2. The van der Waals surface area contributed by atoms with Crippen LogP contribution in [0.5, 0.6) is 0 Å². The Morgan fingerprint density at radius 1 is 1.50 bits per heavy atom.